The molecule has 5 nitrogen and oxygen atoms in total. The first-order valence-corrected chi connectivity index (χ1v) is 10.2. The highest BCUT2D eigenvalue weighted by atomic mass is 16.6. The van der Waals surface area contributed by atoms with Crippen molar-refractivity contribution in [3.8, 4) is 11.5 Å². The van der Waals surface area contributed by atoms with E-state index >= 15 is 0 Å². The number of ether oxygens (including phenoxy) is 2. The van der Waals surface area contributed by atoms with Crippen LogP contribution in [0.3, 0.4) is 0 Å². The molecule has 0 spiro atoms. The Labute approximate surface area is 183 Å². The topological polar surface area (TPSA) is 64.6 Å². The van der Waals surface area contributed by atoms with Crippen molar-refractivity contribution in [3.63, 3.8) is 0 Å². The maximum atomic E-state index is 12.4. The number of anilines is 1. The summed E-state index contributed by atoms with van der Waals surface area (Å²) in [4.78, 5) is 24.6. The lowest BCUT2D eigenvalue weighted by molar-refractivity contribution is -0.136. The van der Waals surface area contributed by atoms with Gasteiger partial charge in [0.1, 0.15) is 11.5 Å². The Kier molecular flexibility index (Phi) is 7.08. The van der Waals surface area contributed by atoms with E-state index in [9.17, 15) is 9.59 Å². The second-order valence-corrected chi connectivity index (χ2v) is 7.80. The van der Waals surface area contributed by atoms with Crippen molar-refractivity contribution < 1.29 is 19.1 Å². The van der Waals surface area contributed by atoms with Crippen LogP contribution in [-0.4, -0.2) is 18.5 Å². The second kappa shape index (κ2) is 9.94. The molecule has 0 heterocycles. The number of esters is 1. The highest BCUT2D eigenvalue weighted by Gasteiger charge is 2.12. The summed E-state index contributed by atoms with van der Waals surface area (Å²) in [6.07, 6.45) is 0. The summed E-state index contributed by atoms with van der Waals surface area (Å²) >= 11 is 0. The normalized spacial score (nSPS) is 10.6. The predicted octanol–water partition coefficient (Wildman–Crippen LogP) is 5.66. The lowest BCUT2D eigenvalue weighted by atomic mass is 10.0. The minimum atomic E-state index is -0.506. The first kappa shape index (κ1) is 22.1. The second-order valence-electron chi connectivity index (χ2n) is 7.80. The van der Waals surface area contributed by atoms with Crippen molar-refractivity contribution in [2.24, 2.45) is 0 Å². The molecule has 0 aliphatic heterocycles. The van der Waals surface area contributed by atoms with Gasteiger partial charge in [0.05, 0.1) is 0 Å². The van der Waals surface area contributed by atoms with Crippen molar-refractivity contribution in [2.45, 2.75) is 33.6 Å². The largest absolute Gasteiger partial charge is 0.482 e. The van der Waals surface area contributed by atoms with Crippen LogP contribution in [0.1, 0.15) is 46.8 Å². The van der Waals surface area contributed by atoms with E-state index in [1.165, 1.54) is 0 Å². The summed E-state index contributed by atoms with van der Waals surface area (Å²) in [7, 11) is 0. The third kappa shape index (κ3) is 6.19. The number of hydrogen-bond acceptors (Lipinski definition) is 4. The Morgan fingerprint density at radius 1 is 0.871 bits per heavy atom. The molecule has 160 valence electrons. The van der Waals surface area contributed by atoms with Gasteiger partial charge in [0.25, 0.3) is 5.91 Å². The molecule has 1 N–H and O–H groups in total. The van der Waals surface area contributed by atoms with E-state index in [4.69, 9.17) is 9.47 Å². The zero-order valence-corrected chi connectivity index (χ0v) is 18.3. The van der Waals surface area contributed by atoms with Gasteiger partial charge in [-0.2, -0.15) is 0 Å². The van der Waals surface area contributed by atoms with Gasteiger partial charge in [-0.25, -0.2) is 4.79 Å². The van der Waals surface area contributed by atoms with E-state index in [2.05, 4.69) is 19.2 Å². The van der Waals surface area contributed by atoms with Crippen LogP contribution in [0.5, 0.6) is 11.5 Å². The Balaban J connectivity index is 1.56. The van der Waals surface area contributed by atoms with E-state index < -0.39 is 5.97 Å². The first-order valence-electron chi connectivity index (χ1n) is 10.2. The number of nitrogens with one attached hydrogen (secondary N) is 1. The summed E-state index contributed by atoms with van der Waals surface area (Å²) in [5.74, 6) is 0.591. The molecule has 31 heavy (non-hydrogen) atoms. The minimum Gasteiger partial charge on any atom is -0.482 e. The van der Waals surface area contributed by atoms with Crippen LogP contribution >= 0.6 is 0 Å². The van der Waals surface area contributed by atoms with Crippen LogP contribution in [-0.2, 0) is 4.79 Å². The van der Waals surface area contributed by atoms with Crippen LogP contribution in [0.2, 0.25) is 0 Å². The first-order chi connectivity index (χ1) is 14.8. The summed E-state index contributed by atoms with van der Waals surface area (Å²) < 4.78 is 11.0. The lowest BCUT2D eigenvalue weighted by Crippen LogP contribution is -2.18. The molecule has 0 aliphatic carbocycles. The Morgan fingerprint density at radius 2 is 1.52 bits per heavy atom. The SMILES string of the molecule is Cc1ccc(NC(=O)c2ccc(OC(=O)COc3cc(C)ccc3C(C)C)cc2)cc1. The molecule has 0 fully saturated rings. The summed E-state index contributed by atoms with van der Waals surface area (Å²) in [6, 6.07) is 19.9. The molecule has 3 aromatic rings. The van der Waals surface area contributed by atoms with Crippen LogP contribution in [0, 0.1) is 13.8 Å². The molecule has 3 aromatic carbocycles. The van der Waals surface area contributed by atoms with Gasteiger partial charge in [-0.15, -0.1) is 0 Å². The van der Waals surface area contributed by atoms with Crippen molar-refractivity contribution in [3.05, 3.63) is 89.0 Å². The van der Waals surface area contributed by atoms with Crippen LogP contribution < -0.4 is 14.8 Å². The zero-order valence-electron chi connectivity index (χ0n) is 18.3. The molecule has 0 radical (unpaired) electrons. The molecule has 3 rings (SSSR count). The molecule has 0 unspecified atom stereocenters. The third-order valence-electron chi connectivity index (χ3n) is 4.79. The van der Waals surface area contributed by atoms with Gasteiger partial charge in [-0.3, -0.25) is 4.79 Å². The highest BCUT2D eigenvalue weighted by molar-refractivity contribution is 6.04. The van der Waals surface area contributed by atoms with Crippen molar-refractivity contribution in [1.29, 1.82) is 0 Å². The molecule has 1 amide bonds. The van der Waals surface area contributed by atoms with Gasteiger partial charge < -0.3 is 14.8 Å². The summed E-state index contributed by atoms with van der Waals surface area (Å²) in [5, 5.41) is 2.84. The summed E-state index contributed by atoms with van der Waals surface area (Å²) in [5.41, 5.74) is 4.42. The van der Waals surface area contributed by atoms with Gasteiger partial charge in [-0.05, 0) is 73.4 Å². The smallest absolute Gasteiger partial charge is 0.349 e. The number of hydrogen-bond donors (Lipinski definition) is 1. The molecular weight excluding hydrogens is 390 g/mol. The Bertz CT molecular complexity index is 1050. The monoisotopic (exact) mass is 417 g/mol. The molecule has 0 bridgehead atoms. The fourth-order valence-electron chi connectivity index (χ4n) is 3.06. The maximum absolute atomic E-state index is 12.4. The fourth-order valence-corrected chi connectivity index (χ4v) is 3.06. The number of aryl methyl sites for hydroxylation is 2. The average Bonchev–Trinajstić information content (AvgIpc) is 2.74. The Hall–Kier alpha value is -3.60. The Morgan fingerprint density at radius 3 is 2.16 bits per heavy atom. The third-order valence-corrected chi connectivity index (χ3v) is 4.79. The number of amides is 1. The molecular formula is C26H27NO4. The van der Waals surface area contributed by atoms with Crippen LogP contribution in [0.4, 0.5) is 5.69 Å². The standard InChI is InChI=1S/C26H27NO4/c1-17(2)23-14-7-19(4)15-24(23)30-16-25(28)31-22-12-8-20(9-13-22)26(29)27-21-10-5-18(3)6-11-21/h5-15,17H,16H2,1-4H3,(H,27,29). The average molecular weight is 418 g/mol. The van der Waals surface area contributed by atoms with Gasteiger partial charge in [0.2, 0.25) is 0 Å². The van der Waals surface area contributed by atoms with Gasteiger partial charge in [0, 0.05) is 11.3 Å². The molecule has 0 aromatic heterocycles. The molecule has 0 aliphatic rings. The molecule has 5 heteroatoms. The van der Waals surface area contributed by atoms with Crippen molar-refractivity contribution >= 4 is 17.6 Å². The fraction of sp³-hybridized carbons (Fsp3) is 0.231. The van der Waals surface area contributed by atoms with Gasteiger partial charge in [-0.1, -0.05) is 43.7 Å². The maximum Gasteiger partial charge on any atom is 0.349 e. The molecule has 0 saturated carbocycles. The van der Waals surface area contributed by atoms with Crippen molar-refractivity contribution in [1.82, 2.24) is 0 Å². The van der Waals surface area contributed by atoms with Crippen LogP contribution in [0.25, 0.3) is 0 Å². The number of carbonyl (C=O) groups is 2. The lowest BCUT2D eigenvalue weighted by Gasteiger charge is -2.14. The van der Waals surface area contributed by atoms with E-state index in [1.54, 1.807) is 24.3 Å². The van der Waals surface area contributed by atoms with E-state index in [0.717, 1.165) is 22.4 Å². The van der Waals surface area contributed by atoms with Gasteiger partial charge >= 0.3 is 5.97 Å². The zero-order chi connectivity index (χ0) is 22.4. The van der Waals surface area contributed by atoms with Crippen LogP contribution in [0.15, 0.2) is 66.7 Å². The predicted molar refractivity (Wildman–Crippen MR) is 122 cm³/mol. The van der Waals surface area contributed by atoms with Gasteiger partial charge in [0.15, 0.2) is 6.61 Å². The van der Waals surface area contributed by atoms with E-state index in [0.29, 0.717) is 17.1 Å². The molecule has 0 saturated heterocycles. The summed E-state index contributed by atoms with van der Waals surface area (Å²) in [6.45, 7) is 7.92. The van der Waals surface area contributed by atoms with E-state index in [1.807, 2.05) is 56.3 Å². The quantitative estimate of drug-likeness (QED) is 0.398. The number of carbonyl (C=O) groups excluding carboxylic acids is 2. The minimum absolute atomic E-state index is 0.196. The number of rotatable bonds is 7. The van der Waals surface area contributed by atoms with E-state index in [-0.39, 0.29) is 18.4 Å². The highest BCUT2D eigenvalue weighted by Crippen LogP contribution is 2.27. The number of benzene rings is 3. The molecule has 0 atom stereocenters. The van der Waals surface area contributed by atoms with Crippen molar-refractivity contribution in [2.75, 3.05) is 11.9 Å².